The van der Waals surface area contributed by atoms with E-state index in [1.54, 1.807) is 65.8 Å². The molecule has 11 atom stereocenters. The molecule has 0 unspecified atom stereocenters. The molecule has 2 aliphatic rings. The minimum absolute atomic E-state index is 0.0408. The van der Waals surface area contributed by atoms with E-state index in [0.717, 1.165) is 6.08 Å². The van der Waals surface area contributed by atoms with Crippen LogP contribution in [0.5, 0.6) is 0 Å². The highest BCUT2D eigenvalue weighted by atomic mass is 16.7. The topological polar surface area (TPSA) is 169 Å². The maximum atomic E-state index is 13.2. The SMILES string of the molecule is CC[C@H]1OC(=O)/C=C(\O)[C@H](C)[C@@H](O[C@@H]2O[C@H](C)[C@@H](O)[C@H](N(C)C)[C@H]2O)[C@@H](CC=O)C[C@@H](C)C(=O)/C=C/C(C)=C/[C@@H]1COC(C)=O. The second-order valence-electron chi connectivity index (χ2n) is 12.4. The number of rotatable bonds is 8. The maximum Gasteiger partial charge on any atom is 0.334 e. The number of likely N-dealkylation sites (N-methyl/N-ethyl adjacent to an activating group) is 1. The molecule has 12 heteroatoms. The lowest BCUT2D eigenvalue weighted by molar-refractivity contribution is -0.301. The standard InChI is InChI=1S/C33H51NO11/c1-9-27-24(17-42-22(6)36)14-18(2)10-11-25(37)19(3)15-23(12-13-35)32(20(4)26(38)16-28(39)44-27)45-33-31(41)29(34(7)8)30(40)21(5)43-33/h10-11,13-14,16,19-21,23-24,27,29-33,38,40-41H,9,12,15,17H2,1-8H3/b11-10+,18-14+,26-16-/t19-,20+,21-,23+,24-,27-,29+,30-,31-,32-,33+/m1/s1. The van der Waals surface area contributed by atoms with Crippen molar-refractivity contribution < 1.29 is 53.4 Å². The van der Waals surface area contributed by atoms with Crippen LogP contribution in [0.1, 0.15) is 60.8 Å². The molecule has 0 radical (unpaired) electrons. The predicted molar refractivity (Wildman–Crippen MR) is 165 cm³/mol. The first-order valence-corrected chi connectivity index (χ1v) is 15.5. The van der Waals surface area contributed by atoms with Gasteiger partial charge in [-0.3, -0.25) is 9.59 Å². The van der Waals surface area contributed by atoms with Crippen molar-refractivity contribution in [3.8, 4) is 0 Å². The number of hydrogen-bond acceptors (Lipinski definition) is 12. The number of carbonyl (C=O) groups excluding carboxylic acids is 4. The van der Waals surface area contributed by atoms with E-state index >= 15 is 0 Å². The summed E-state index contributed by atoms with van der Waals surface area (Å²) in [6.07, 6.45) is 0.965. The number of ether oxygens (including phenoxy) is 4. The fourth-order valence-electron chi connectivity index (χ4n) is 5.91. The number of hydrogen-bond donors (Lipinski definition) is 3. The number of allylic oxidation sites excluding steroid dienone is 3. The molecule has 0 aromatic rings. The molecule has 0 aliphatic carbocycles. The third kappa shape index (κ3) is 10.8. The van der Waals surface area contributed by atoms with Crippen molar-refractivity contribution in [2.75, 3.05) is 20.7 Å². The van der Waals surface area contributed by atoms with Crippen molar-refractivity contribution in [1.29, 1.82) is 0 Å². The molecule has 0 saturated carbocycles. The number of ketones is 1. The zero-order valence-electron chi connectivity index (χ0n) is 27.6. The Morgan fingerprint density at radius 3 is 2.38 bits per heavy atom. The van der Waals surface area contributed by atoms with Crippen LogP contribution in [0.15, 0.2) is 35.6 Å². The van der Waals surface area contributed by atoms with Gasteiger partial charge in [0.2, 0.25) is 0 Å². The first-order valence-electron chi connectivity index (χ1n) is 15.5. The van der Waals surface area contributed by atoms with Crippen molar-refractivity contribution in [1.82, 2.24) is 4.90 Å². The molecule has 0 amide bonds. The lowest BCUT2D eigenvalue weighted by atomic mass is 9.81. The molecule has 0 bridgehead atoms. The van der Waals surface area contributed by atoms with Gasteiger partial charge in [0.1, 0.15) is 30.9 Å². The minimum Gasteiger partial charge on any atom is -0.512 e. The van der Waals surface area contributed by atoms with Crippen LogP contribution in [0.4, 0.5) is 0 Å². The minimum atomic E-state index is -1.30. The zero-order valence-corrected chi connectivity index (χ0v) is 27.6. The predicted octanol–water partition coefficient (Wildman–Crippen LogP) is 2.66. The van der Waals surface area contributed by atoms with Crippen LogP contribution in [-0.4, -0.2) is 108 Å². The highest BCUT2D eigenvalue weighted by molar-refractivity contribution is 5.91. The third-order valence-corrected chi connectivity index (χ3v) is 8.54. The van der Waals surface area contributed by atoms with E-state index in [4.69, 9.17) is 18.9 Å². The van der Waals surface area contributed by atoms with E-state index in [1.807, 2.05) is 0 Å². The number of nitrogens with zero attached hydrogens (tertiary/aromatic N) is 1. The van der Waals surface area contributed by atoms with Gasteiger partial charge in [-0.05, 0) is 52.8 Å². The van der Waals surface area contributed by atoms with Gasteiger partial charge in [-0.15, -0.1) is 0 Å². The van der Waals surface area contributed by atoms with E-state index in [-0.39, 0.29) is 25.2 Å². The van der Waals surface area contributed by atoms with Crippen molar-refractivity contribution in [3.05, 3.63) is 35.6 Å². The Labute approximate surface area is 266 Å². The summed E-state index contributed by atoms with van der Waals surface area (Å²) in [5.41, 5.74) is 0.683. The Hall–Kier alpha value is -2.90. The van der Waals surface area contributed by atoms with Gasteiger partial charge in [0, 0.05) is 31.1 Å². The summed E-state index contributed by atoms with van der Waals surface area (Å²) >= 11 is 0. The largest absolute Gasteiger partial charge is 0.512 e. The monoisotopic (exact) mass is 637 g/mol. The molecule has 12 nitrogen and oxygen atoms in total. The summed E-state index contributed by atoms with van der Waals surface area (Å²) in [5, 5.41) is 33.0. The highest BCUT2D eigenvalue weighted by Crippen LogP contribution is 2.34. The van der Waals surface area contributed by atoms with Crippen LogP contribution < -0.4 is 0 Å². The van der Waals surface area contributed by atoms with Gasteiger partial charge in [0.25, 0.3) is 0 Å². The average molecular weight is 638 g/mol. The molecule has 3 N–H and O–H groups in total. The second kappa shape index (κ2) is 17.7. The summed E-state index contributed by atoms with van der Waals surface area (Å²) in [6.45, 7) is 9.76. The van der Waals surface area contributed by atoms with Crippen molar-refractivity contribution >= 4 is 24.0 Å². The van der Waals surface area contributed by atoms with Crippen LogP contribution in [0.2, 0.25) is 0 Å². The molecule has 0 aromatic carbocycles. The van der Waals surface area contributed by atoms with Crippen molar-refractivity contribution in [2.45, 2.75) is 104 Å². The summed E-state index contributed by atoms with van der Waals surface area (Å²) < 4.78 is 23.1. The molecule has 2 heterocycles. The molecular weight excluding hydrogens is 586 g/mol. The Balaban J connectivity index is 2.59. The van der Waals surface area contributed by atoms with E-state index in [0.29, 0.717) is 18.3 Å². The van der Waals surface area contributed by atoms with Crippen LogP contribution in [0.3, 0.4) is 0 Å². The van der Waals surface area contributed by atoms with Crippen molar-refractivity contribution in [2.24, 2.45) is 23.7 Å². The molecule has 1 saturated heterocycles. The molecule has 0 spiro atoms. The molecule has 0 aromatic heterocycles. The van der Waals surface area contributed by atoms with Gasteiger partial charge in [-0.2, -0.15) is 0 Å². The molecule has 1 fully saturated rings. The third-order valence-electron chi connectivity index (χ3n) is 8.54. The summed E-state index contributed by atoms with van der Waals surface area (Å²) in [7, 11) is 3.41. The van der Waals surface area contributed by atoms with Crippen LogP contribution in [-0.2, 0) is 38.1 Å². The number of aliphatic hydroxyl groups is 3. The normalized spacial score (nSPS) is 38.8. The Bertz CT molecular complexity index is 1120. The van der Waals surface area contributed by atoms with Crippen LogP contribution in [0.25, 0.3) is 0 Å². The quantitative estimate of drug-likeness (QED) is 0.263. The van der Waals surface area contributed by atoms with E-state index < -0.39 is 84.2 Å². The average Bonchev–Trinajstić information content (AvgIpc) is 2.96. The van der Waals surface area contributed by atoms with E-state index in [1.165, 1.54) is 13.0 Å². The van der Waals surface area contributed by atoms with E-state index in [2.05, 4.69) is 0 Å². The Morgan fingerprint density at radius 2 is 1.80 bits per heavy atom. The highest BCUT2D eigenvalue weighted by Gasteiger charge is 2.47. The lowest BCUT2D eigenvalue weighted by Gasteiger charge is -2.46. The second-order valence-corrected chi connectivity index (χ2v) is 12.4. The number of aldehydes is 1. The van der Waals surface area contributed by atoms with E-state index in [9.17, 15) is 34.5 Å². The Morgan fingerprint density at radius 1 is 1.13 bits per heavy atom. The van der Waals surface area contributed by atoms with Crippen LogP contribution in [0, 0.1) is 23.7 Å². The summed E-state index contributed by atoms with van der Waals surface area (Å²) in [6, 6.07) is -0.739. The fourth-order valence-corrected chi connectivity index (χ4v) is 5.91. The zero-order chi connectivity index (χ0) is 34.0. The number of carbonyl (C=O) groups is 4. The van der Waals surface area contributed by atoms with Crippen molar-refractivity contribution in [3.63, 3.8) is 0 Å². The van der Waals surface area contributed by atoms with Gasteiger partial charge in [0.15, 0.2) is 12.1 Å². The molecule has 2 rings (SSSR count). The first kappa shape index (κ1) is 38.3. The van der Waals surface area contributed by atoms with Crippen LogP contribution >= 0.6 is 0 Å². The molecule has 2 aliphatic heterocycles. The fraction of sp³-hybridized carbons (Fsp3) is 0.697. The maximum absolute atomic E-state index is 13.2. The molecule has 45 heavy (non-hydrogen) atoms. The van der Waals surface area contributed by atoms with Gasteiger partial charge in [-0.25, -0.2) is 4.79 Å². The van der Waals surface area contributed by atoms with Gasteiger partial charge >= 0.3 is 11.9 Å². The lowest BCUT2D eigenvalue weighted by Crippen LogP contribution is -2.63. The number of aliphatic hydroxyl groups excluding tert-OH is 3. The molecular formula is C33H51NO11. The summed E-state index contributed by atoms with van der Waals surface area (Å²) in [5.74, 6) is -4.56. The van der Waals surface area contributed by atoms with Gasteiger partial charge < -0.3 is 44.0 Å². The number of esters is 2. The van der Waals surface area contributed by atoms with Gasteiger partial charge in [-0.1, -0.05) is 38.5 Å². The summed E-state index contributed by atoms with van der Waals surface area (Å²) in [4.78, 5) is 51.4. The Kier molecular flexibility index (Phi) is 15.1. The smallest absolute Gasteiger partial charge is 0.334 e. The number of cyclic esters (lactones) is 1. The first-order chi connectivity index (χ1) is 21.1. The molecule has 254 valence electrons. The van der Waals surface area contributed by atoms with Gasteiger partial charge in [0.05, 0.1) is 30.4 Å².